The summed E-state index contributed by atoms with van der Waals surface area (Å²) in [5.41, 5.74) is 3.71. The fourth-order valence-corrected chi connectivity index (χ4v) is 3.42. The smallest absolute Gasteiger partial charge is 0.323 e. The lowest BCUT2D eigenvalue weighted by atomic mass is 10.2. The average molecular weight is 471 g/mol. The molecule has 10 heteroatoms. The molecule has 0 bridgehead atoms. The highest BCUT2D eigenvalue weighted by atomic mass is 35.5. The number of nitrogens with zero attached hydrogens (tertiary/aromatic N) is 3. The zero-order valence-corrected chi connectivity index (χ0v) is 18.5. The number of carbonyl (C=O) groups excluding carboxylic acids is 1. The first-order valence-corrected chi connectivity index (χ1v) is 10.7. The summed E-state index contributed by atoms with van der Waals surface area (Å²) in [6, 6.07) is 21.9. The van der Waals surface area contributed by atoms with Gasteiger partial charge in [-0.05, 0) is 48.5 Å². The van der Waals surface area contributed by atoms with Crippen molar-refractivity contribution in [1.29, 1.82) is 0 Å². The van der Waals surface area contributed by atoms with Crippen LogP contribution in [0.25, 0.3) is 10.9 Å². The van der Waals surface area contributed by atoms with Gasteiger partial charge in [0, 0.05) is 28.1 Å². The summed E-state index contributed by atoms with van der Waals surface area (Å²) in [7, 11) is 0. The topological polar surface area (TPSA) is 120 Å². The molecule has 0 spiro atoms. The summed E-state index contributed by atoms with van der Waals surface area (Å²) in [6.45, 7) is 0. The lowest BCUT2D eigenvalue weighted by Crippen LogP contribution is -2.19. The van der Waals surface area contributed by atoms with E-state index in [-0.39, 0.29) is 6.03 Å². The monoisotopic (exact) mass is 470 g/mol. The molecule has 0 aliphatic rings. The number of aromatic amines is 1. The Kier molecular flexibility index (Phi) is 5.91. The molecule has 0 aliphatic carbocycles. The highest BCUT2D eigenvalue weighted by Gasteiger charge is 2.09. The zero-order valence-electron chi connectivity index (χ0n) is 17.7. The number of halogens is 1. The molecule has 2 aromatic heterocycles. The average Bonchev–Trinajstić information content (AvgIpc) is 3.30. The minimum Gasteiger partial charge on any atom is -0.339 e. The molecule has 0 atom stereocenters. The van der Waals surface area contributed by atoms with Gasteiger partial charge in [0.15, 0.2) is 5.82 Å². The Balaban J connectivity index is 1.28. The molecule has 0 radical (unpaired) electrons. The molecule has 0 fully saturated rings. The van der Waals surface area contributed by atoms with Crippen molar-refractivity contribution in [3.05, 3.63) is 90.2 Å². The fraction of sp³-hybridized carbons (Fsp3) is 0. The van der Waals surface area contributed by atoms with Gasteiger partial charge in [-0.3, -0.25) is 5.10 Å². The van der Waals surface area contributed by atoms with E-state index in [4.69, 9.17) is 11.6 Å². The van der Waals surface area contributed by atoms with Crippen LogP contribution in [0.15, 0.2) is 85.2 Å². The van der Waals surface area contributed by atoms with E-state index >= 15 is 0 Å². The van der Waals surface area contributed by atoms with Crippen molar-refractivity contribution in [2.45, 2.75) is 0 Å². The van der Waals surface area contributed by atoms with Crippen LogP contribution in [0.5, 0.6) is 0 Å². The molecule has 0 saturated heterocycles. The normalized spacial score (nSPS) is 10.6. The van der Waals surface area contributed by atoms with Gasteiger partial charge in [0.05, 0.1) is 17.9 Å². The molecule has 2 amide bonds. The predicted molar refractivity (Wildman–Crippen MR) is 135 cm³/mol. The molecule has 2 heterocycles. The Bertz CT molecular complexity index is 1450. The van der Waals surface area contributed by atoms with E-state index in [1.54, 1.807) is 18.3 Å². The minimum absolute atomic E-state index is 0.341. The van der Waals surface area contributed by atoms with E-state index in [2.05, 4.69) is 41.4 Å². The third kappa shape index (κ3) is 5.05. The fourth-order valence-electron chi connectivity index (χ4n) is 3.29. The number of hydrogen-bond acceptors (Lipinski definition) is 6. The Hall–Kier alpha value is -4.63. The second-order valence-corrected chi connectivity index (χ2v) is 7.75. The number of H-pyrrole nitrogens is 1. The van der Waals surface area contributed by atoms with Crippen molar-refractivity contribution in [2.75, 3.05) is 21.3 Å². The second-order valence-electron chi connectivity index (χ2n) is 7.34. The van der Waals surface area contributed by atoms with Gasteiger partial charge in [-0.25, -0.2) is 9.78 Å². The second kappa shape index (κ2) is 9.47. The number of benzene rings is 3. The number of rotatable bonds is 6. The van der Waals surface area contributed by atoms with Gasteiger partial charge < -0.3 is 21.3 Å². The first-order chi connectivity index (χ1) is 16.6. The predicted octanol–water partition coefficient (Wildman–Crippen LogP) is 6.14. The minimum atomic E-state index is -0.341. The van der Waals surface area contributed by atoms with Gasteiger partial charge in [-0.1, -0.05) is 35.9 Å². The van der Waals surface area contributed by atoms with Crippen molar-refractivity contribution in [2.24, 2.45) is 0 Å². The van der Waals surface area contributed by atoms with Crippen LogP contribution in [0.1, 0.15) is 0 Å². The standard InChI is InChI=1S/C24H19ClN8O/c25-20-14-26-23(32-22(20)28-19-10-9-15-13-27-33-21(15)12-19)29-17-7-4-8-18(11-17)31-24(34)30-16-5-2-1-3-6-16/h1-14H,(H,27,33)(H2,30,31,34)(H2,26,28,29,32). The number of fused-ring (bicyclic) bond motifs is 1. The van der Waals surface area contributed by atoms with Crippen LogP contribution < -0.4 is 21.3 Å². The largest absolute Gasteiger partial charge is 0.339 e. The van der Waals surface area contributed by atoms with Crippen molar-refractivity contribution in [3.8, 4) is 0 Å². The molecular formula is C24H19ClN8O. The third-order valence-electron chi connectivity index (χ3n) is 4.86. The molecule has 34 heavy (non-hydrogen) atoms. The molecule has 5 rings (SSSR count). The van der Waals surface area contributed by atoms with Gasteiger partial charge >= 0.3 is 6.03 Å². The molecule has 0 saturated carbocycles. The number of carbonyl (C=O) groups is 1. The molecule has 0 unspecified atom stereocenters. The number of hydrogen-bond donors (Lipinski definition) is 5. The van der Waals surface area contributed by atoms with E-state index in [1.807, 2.05) is 60.7 Å². The van der Waals surface area contributed by atoms with Crippen molar-refractivity contribution in [1.82, 2.24) is 20.2 Å². The van der Waals surface area contributed by atoms with Gasteiger partial charge in [-0.2, -0.15) is 10.1 Å². The maximum atomic E-state index is 12.3. The molecule has 3 aromatic carbocycles. The first kappa shape index (κ1) is 21.2. The summed E-state index contributed by atoms with van der Waals surface area (Å²) in [6.07, 6.45) is 3.27. The van der Waals surface area contributed by atoms with Crippen LogP contribution in [0.2, 0.25) is 5.02 Å². The number of para-hydroxylation sites is 1. The number of aromatic nitrogens is 4. The lowest BCUT2D eigenvalue weighted by molar-refractivity contribution is 0.262. The van der Waals surface area contributed by atoms with Crippen LogP contribution in [-0.2, 0) is 0 Å². The van der Waals surface area contributed by atoms with Crippen LogP contribution in [-0.4, -0.2) is 26.2 Å². The molecule has 5 N–H and O–H groups in total. The highest BCUT2D eigenvalue weighted by Crippen LogP contribution is 2.27. The van der Waals surface area contributed by atoms with E-state index in [0.29, 0.717) is 33.9 Å². The van der Waals surface area contributed by atoms with Crippen LogP contribution in [0.4, 0.5) is 39.3 Å². The molecule has 5 aromatic rings. The van der Waals surface area contributed by atoms with E-state index < -0.39 is 0 Å². The summed E-state index contributed by atoms with van der Waals surface area (Å²) in [5, 5.41) is 20.3. The van der Waals surface area contributed by atoms with E-state index in [1.165, 1.54) is 6.20 Å². The first-order valence-electron chi connectivity index (χ1n) is 10.4. The zero-order chi connectivity index (χ0) is 23.3. The number of anilines is 6. The molecule has 9 nitrogen and oxygen atoms in total. The van der Waals surface area contributed by atoms with Gasteiger partial charge in [0.2, 0.25) is 5.95 Å². The number of nitrogens with one attached hydrogen (secondary N) is 5. The maximum absolute atomic E-state index is 12.3. The van der Waals surface area contributed by atoms with Crippen LogP contribution in [0, 0.1) is 0 Å². The summed E-state index contributed by atoms with van der Waals surface area (Å²) < 4.78 is 0. The summed E-state index contributed by atoms with van der Waals surface area (Å²) >= 11 is 6.31. The van der Waals surface area contributed by atoms with Crippen molar-refractivity contribution in [3.63, 3.8) is 0 Å². The number of amides is 2. The molecular weight excluding hydrogens is 452 g/mol. The van der Waals surface area contributed by atoms with Gasteiger partial charge in [-0.15, -0.1) is 0 Å². The van der Waals surface area contributed by atoms with Crippen molar-refractivity contribution >= 4 is 63.1 Å². The van der Waals surface area contributed by atoms with Gasteiger partial charge in [0.1, 0.15) is 5.02 Å². The maximum Gasteiger partial charge on any atom is 0.323 e. The van der Waals surface area contributed by atoms with Crippen LogP contribution in [0.3, 0.4) is 0 Å². The summed E-state index contributed by atoms with van der Waals surface area (Å²) in [4.78, 5) is 21.0. The Labute approximate surface area is 199 Å². The highest BCUT2D eigenvalue weighted by molar-refractivity contribution is 6.32. The Morgan fingerprint density at radius 3 is 2.44 bits per heavy atom. The number of urea groups is 1. The van der Waals surface area contributed by atoms with Gasteiger partial charge in [0.25, 0.3) is 0 Å². The lowest BCUT2D eigenvalue weighted by Gasteiger charge is -2.12. The Morgan fingerprint density at radius 2 is 1.56 bits per heavy atom. The Morgan fingerprint density at radius 1 is 0.794 bits per heavy atom. The quantitative estimate of drug-likeness (QED) is 0.203. The van der Waals surface area contributed by atoms with Crippen molar-refractivity contribution < 1.29 is 4.79 Å². The SMILES string of the molecule is O=C(Nc1ccccc1)Nc1cccc(Nc2ncc(Cl)c(Nc3ccc4cn[nH]c4c3)n2)c1. The molecule has 168 valence electrons. The third-order valence-corrected chi connectivity index (χ3v) is 5.13. The molecule has 0 aliphatic heterocycles. The summed E-state index contributed by atoms with van der Waals surface area (Å²) in [5.74, 6) is 0.801. The van der Waals surface area contributed by atoms with E-state index in [9.17, 15) is 4.79 Å². The van der Waals surface area contributed by atoms with Crippen LogP contribution >= 0.6 is 11.6 Å². The van der Waals surface area contributed by atoms with E-state index in [0.717, 1.165) is 16.6 Å².